The molecule has 0 fully saturated rings. The lowest BCUT2D eigenvalue weighted by Crippen LogP contribution is -2.12. The Labute approximate surface area is 144 Å². The molecular formula is C19H15N5O. The minimum atomic E-state index is -0.309. The van der Waals surface area contributed by atoms with Gasteiger partial charge in [0.15, 0.2) is 5.69 Å². The van der Waals surface area contributed by atoms with Crippen molar-refractivity contribution in [1.29, 1.82) is 0 Å². The molecule has 0 saturated carbocycles. The zero-order valence-electron chi connectivity index (χ0n) is 13.3. The molecule has 6 nitrogen and oxygen atoms in total. The highest BCUT2D eigenvalue weighted by atomic mass is 16.2. The fraction of sp³-hybridized carbons (Fsp3) is 0.0526. The van der Waals surface area contributed by atoms with Crippen LogP contribution >= 0.6 is 0 Å². The summed E-state index contributed by atoms with van der Waals surface area (Å²) < 4.78 is 1.64. The van der Waals surface area contributed by atoms with E-state index in [1.54, 1.807) is 17.1 Å². The molecule has 0 aliphatic rings. The molecule has 1 N–H and O–H groups in total. The van der Waals surface area contributed by atoms with E-state index in [4.69, 9.17) is 0 Å². The fourth-order valence-electron chi connectivity index (χ4n) is 2.58. The molecule has 2 aromatic carbocycles. The van der Waals surface area contributed by atoms with Crippen LogP contribution in [-0.4, -0.2) is 25.9 Å². The van der Waals surface area contributed by atoms with E-state index in [1.807, 2.05) is 60.7 Å². The summed E-state index contributed by atoms with van der Waals surface area (Å²) in [5.74, 6) is -0.309. The molecule has 0 aliphatic heterocycles. The highest BCUT2D eigenvalue weighted by Gasteiger charge is 2.12. The van der Waals surface area contributed by atoms with Gasteiger partial charge in [0.1, 0.15) is 0 Å². The SMILES string of the molecule is O=C(Nc1cnc2ccccc2c1)c1cn(Cc2ccccc2)nn1. The van der Waals surface area contributed by atoms with Crippen LogP contribution in [0.5, 0.6) is 0 Å². The Hall–Kier alpha value is -3.54. The van der Waals surface area contributed by atoms with Gasteiger partial charge < -0.3 is 5.32 Å². The third-order valence-corrected chi connectivity index (χ3v) is 3.81. The molecule has 122 valence electrons. The number of amides is 1. The van der Waals surface area contributed by atoms with Gasteiger partial charge in [-0.3, -0.25) is 9.78 Å². The second-order valence-electron chi connectivity index (χ2n) is 5.66. The summed E-state index contributed by atoms with van der Waals surface area (Å²) in [5.41, 5.74) is 2.87. The number of para-hydroxylation sites is 1. The van der Waals surface area contributed by atoms with Crippen LogP contribution in [0.25, 0.3) is 10.9 Å². The van der Waals surface area contributed by atoms with E-state index >= 15 is 0 Å². The zero-order chi connectivity index (χ0) is 17.1. The van der Waals surface area contributed by atoms with Crippen molar-refractivity contribution in [3.05, 3.63) is 84.3 Å². The first-order chi connectivity index (χ1) is 12.3. The molecule has 0 radical (unpaired) electrons. The Kier molecular flexibility index (Phi) is 3.92. The maximum absolute atomic E-state index is 12.4. The first kappa shape index (κ1) is 15.0. The van der Waals surface area contributed by atoms with E-state index in [9.17, 15) is 4.79 Å². The molecule has 4 aromatic rings. The molecule has 2 heterocycles. The van der Waals surface area contributed by atoms with Gasteiger partial charge in [0.2, 0.25) is 0 Å². The number of fused-ring (bicyclic) bond motifs is 1. The number of pyridine rings is 1. The molecule has 0 bridgehead atoms. The van der Waals surface area contributed by atoms with E-state index in [-0.39, 0.29) is 11.6 Å². The summed E-state index contributed by atoms with van der Waals surface area (Å²) in [6.07, 6.45) is 3.27. The van der Waals surface area contributed by atoms with Gasteiger partial charge in [-0.05, 0) is 17.7 Å². The predicted molar refractivity (Wildman–Crippen MR) is 95.3 cm³/mol. The molecule has 1 amide bonds. The van der Waals surface area contributed by atoms with Crippen LogP contribution in [0.2, 0.25) is 0 Å². The van der Waals surface area contributed by atoms with Crippen LogP contribution in [0.3, 0.4) is 0 Å². The number of carbonyl (C=O) groups excluding carboxylic acids is 1. The van der Waals surface area contributed by atoms with Gasteiger partial charge >= 0.3 is 0 Å². The summed E-state index contributed by atoms with van der Waals surface area (Å²) in [7, 11) is 0. The summed E-state index contributed by atoms with van der Waals surface area (Å²) in [6, 6.07) is 19.5. The van der Waals surface area contributed by atoms with Crippen molar-refractivity contribution in [3.63, 3.8) is 0 Å². The third kappa shape index (κ3) is 3.37. The molecule has 0 atom stereocenters. The molecule has 25 heavy (non-hydrogen) atoms. The van der Waals surface area contributed by atoms with Crippen molar-refractivity contribution in [2.75, 3.05) is 5.32 Å². The summed E-state index contributed by atoms with van der Waals surface area (Å²) in [5, 5.41) is 11.7. The largest absolute Gasteiger partial charge is 0.319 e. The predicted octanol–water partition coefficient (Wildman–Crippen LogP) is 3.13. The van der Waals surface area contributed by atoms with Crippen molar-refractivity contribution in [3.8, 4) is 0 Å². The molecule has 0 spiro atoms. The van der Waals surface area contributed by atoms with Crippen LogP contribution in [0.4, 0.5) is 5.69 Å². The molecule has 4 rings (SSSR count). The summed E-state index contributed by atoms with van der Waals surface area (Å²) in [6.45, 7) is 0.568. The summed E-state index contributed by atoms with van der Waals surface area (Å²) in [4.78, 5) is 16.7. The number of carbonyl (C=O) groups is 1. The molecule has 6 heteroatoms. The smallest absolute Gasteiger partial charge is 0.277 e. The number of nitrogens with zero attached hydrogens (tertiary/aromatic N) is 4. The number of rotatable bonds is 4. The molecule has 0 aliphatic carbocycles. The highest BCUT2D eigenvalue weighted by molar-refractivity contribution is 6.03. The van der Waals surface area contributed by atoms with Crippen molar-refractivity contribution in [2.24, 2.45) is 0 Å². The number of hydrogen-bond donors (Lipinski definition) is 1. The Morgan fingerprint density at radius 3 is 2.72 bits per heavy atom. The topological polar surface area (TPSA) is 72.7 Å². The lowest BCUT2D eigenvalue weighted by molar-refractivity contribution is 0.102. The average molecular weight is 329 g/mol. The van der Waals surface area contributed by atoms with Crippen LogP contribution in [0.1, 0.15) is 16.1 Å². The highest BCUT2D eigenvalue weighted by Crippen LogP contribution is 2.16. The maximum Gasteiger partial charge on any atom is 0.277 e. The number of hydrogen-bond acceptors (Lipinski definition) is 4. The van der Waals surface area contributed by atoms with Crippen molar-refractivity contribution < 1.29 is 4.79 Å². The van der Waals surface area contributed by atoms with Gasteiger partial charge in [-0.15, -0.1) is 5.10 Å². The van der Waals surface area contributed by atoms with Gasteiger partial charge in [-0.25, -0.2) is 4.68 Å². The Morgan fingerprint density at radius 1 is 1.04 bits per heavy atom. The lowest BCUT2D eigenvalue weighted by atomic mass is 10.2. The maximum atomic E-state index is 12.4. The Balaban J connectivity index is 1.49. The first-order valence-electron chi connectivity index (χ1n) is 7.88. The van der Waals surface area contributed by atoms with E-state index in [0.29, 0.717) is 12.2 Å². The molecular weight excluding hydrogens is 314 g/mol. The number of anilines is 1. The second kappa shape index (κ2) is 6.52. The lowest BCUT2D eigenvalue weighted by Gasteiger charge is -2.04. The fourth-order valence-corrected chi connectivity index (χ4v) is 2.58. The standard InChI is InChI=1S/C19H15N5O/c25-19(21-16-10-15-8-4-5-9-17(15)20-11-16)18-13-24(23-22-18)12-14-6-2-1-3-7-14/h1-11,13H,12H2,(H,21,25). The molecule has 0 unspecified atom stereocenters. The number of aromatic nitrogens is 4. The van der Waals surface area contributed by atoms with Crippen LogP contribution < -0.4 is 5.32 Å². The monoisotopic (exact) mass is 329 g/mol. The zero-order valence-corrected chi connectivity index (χ0v) is 13.3. The second-order valence-corrected chi connectivity index (χ2v) is 5.66. The van der Waals surface area contributed by atoms with Crippen LogP contribution in [-0.2, 0) is 6.54 Å². The minimum absolute atomic E-state index is 0.268. The van der Waals surface area contributed by atoms with Crippen molar-refractivity contribution in [2.45, 2.75) is 6.54 Å². The van der Waals surface area contributed by atoms with E-state index in [0.717, 1.165) is 16.5 Å². The number of nitrogens with one attached hydrogen (secondary N) is 1. The Morgan fingerprint density at radius 2 is 1.84 bits per heavy atom. The van der Waals surface area contributed by atoms with E-state index in [1.165, 1.54) is 0 Å². The quantitative estimate of drug-likeness (QED) is 0.624. The van der Waals surface area contributed by atoms with Gasteiger partial charge in [-0.2, -0.15) is 0 Å². The van der Waals surface area contributed by atoms with Gasteiger partial charge in [0, 0.05) is 5.39 Å². The van der Waals surface area contributed by atoms with Gasteiger partial charge in [0.05, 0.1) is 30.1 Å². The minimum Gasteiger partial charge on any atom is -0.319 e. The van der Waals surface area contributed by atoms with Crippen LogP contribution in [0.15, 0.2) is 73.1 Å². The summed E-state index contributed by atoms with van der Waals surface area (Å²) >= 11 is 0. The van der Waals surface area contributed by atoms with Crippen LogP contribution in [0, 0.1) is 0 Å². The van der Waals surface area contributed by atoms with E-state index in [2.05, 4.69) is 20.6 Å². The molecule has 2 aromatic heterocycles. The van der Waals surface area contributed by atoms with Crippen molar-refractivity contribution >= 4 is 22.5 Å². The first-order valence-corrected chi connectivity index (χ1v) is 7.88. The normalized spacial score (nSPS) is 10.7. The third-order valence-electron chi connectivity index (χ3n) is 3.81. The molecule has 0 saturated heterocycles. The van der Waals surface area contributed by atoms with E-state index < -0.39 is 0 Å². The van der Waals surface area contributed by atoms with Gasteiger partial charge in [0.25, 0.3) is 5.91 Å². The van der Waals surface area contributed by atoms with Gasteiger partial charge in [-0.1, -0.05) is 53.7 Å². The van der Waals surface area contributed by atoms with Crippen molar-refractivity contribution in [1.82, 2.24) is 20.0 Å². The average Bonchev–Trinajstić information content (AvgIpc) is 3.11. The number of benzene rings is 2. The Bertz CT molecular complexity index is 1030.